The summed E-state index contributed by atoms with van der Waals surface area (Å²) in [6.07, 6.45) is 0.819. The van der Waals surface area contributed by atoms with Crippen molar-refractivity contribution in [2.45, 2.75) is 6.42 Å². The second-order valence-corrected chi connectivity index (χ2v) is 6.64. The minimum absolute atomic E-state index is 0.0527. The normalized spacial score (nSPS) is 13.8. The van der Waals surface area contributed by atoms with Crippen molar-refractivity contribution in [2.75, 3.05) is 6.54 Å². The number of carbonyl (C=O) groups is 2. The minimum Gasteiger partial charge on any atom is -0.352 e. The van der Waals surface area contributed by atoms with E-state index >= 15 is 0 Å². The van der Waals surface area contributed by atoms with Crippen molar-refractivity contribution in [1.82, 2.24) is 5.32 Å². The average molecular weight is 336 g/mol. The summed E-state index contributed by atoms with van der Waals surface area (Å²) in [4.78, 5) is 24.1. The van der Waals surface area contributed by atoms with Crippen LogP contribution in [-0.2, 0) is 6.42 Å². The van der Waals surface area contributed by atoms with Crippen molar-refractivity contribution < 1.29 is 9.59 Å². The molecule has 1 amide bonds. The second kappa shape index (κ2) is 4.90. The van der Waals surface area contributed by atoms with Gasteiger partial charge in [-0.3, -0.25) is 9.59 Å². The summed E-state index contributed by atoms with van der Waals surface area (Å²) in [7, 11) is 0. The highest BCUT2D eigenvalue weighted by Gasteiger charge is 2.19. The lowest BCUT2D eigenvalue weighted by Crippen LogP contribution is -2.32. The number of nitrogens with one attached hydrogen (secondary N) is 1. The molecule has 0 saturated carbocycles. The number of hydrogen-bond acceptors (Lipinski definition) is 3. The van der Waals surface area contributed by atoms with E-state index in [1.54, 1.807) is 18.2 Å². The summed E-state index contributed by atoms with van der Waals surface area (Å²) < 4.78 is 0.923. The van der Waals surface area contributed by atoms with Gasteiger partial charge in [-0.05, 0) is 40.0 Å². The number of hydrogen-bond donors (Lipinski definition) is 1. The molecule has 1 aliphatic rings. The monoisotopic (exact) mass is 335 g/mol. The summed E-state index contributed by atoms with van der Waals surface area (Å²) >= 11 is 4.82. The topological polar surface area (TPSA) is 46.2 Å². The van der Waals surface area contributed by atoms with Crippen molar-refractivity contribution in [2.24, 2.45) is 0 Å². The molecule has 96 valence electrons. The van der Waals surface area contributed by atoms with Gasteiger partial charge < -0.3 is 5.32 Å². The van der Waals surface area contributed by atoms with Crippen molar-refractivity contribution in [3.8, 4) is 0 Å². The van der Waals surface area contributed by atoms with Gasteiger partial charge in [-0.15, -0.1) is 11.3 Å². The molecule has 1 aromatic heterocycles. The first-order valence-electron chi connectivity index (χ1n) is 5.85. The van der Waals surface area contributed by atoms with Gasteiger partial charge in [0.05, 0.1) is 3.79 Å². The Labute approximate surface area is 122 Å². The number of halogens is 1. The van der Waals surface area contributed by atoms with Gasteiger partial charge in [-0.1, -0.05) is 12.1 Å². The number of amides is 1. The Morgan fingerprint density at radius 2 is 2.11 bits per heavy atom. The van der Waals surface area contributed by atoms with Gasteiger partial charge in [-0.25, -0.2) is 0 Å². The maximum absolute atomic E-state index is 12.3. The van der Waals surface area contributed by atoms with E-state index in [0.29, 0.717) is 23.2 Å². The Bertz CT molecular complexity index is 678. The van der Waals surface area contributed by atoms with Gasteiger partial charge in [0.1, 0.15) is 0 Å². The molecule has 0 bridgehead atoms. The van der Waals surface area contributed by atoms with Crippen LogP contribution in [0, 0.1) is 0 Å². The predicted molar refractivity (Wildman–Crippen MR) is 77.9 cm³/mol. The third-order valence-corrected chi connectivity index (χ3v) is 4.63. The standard InChI is InChI=1S/C14H10BrNO2S/c15-12-6-10(7-19-12)13(17)9-2-1-8-3-4-16-14(18)11(8)5-9/h1-2,5-7H,3-4H2,(H,16,18). The number of carbonyl (C=O) groups excluding carboxylic acids is 2. The Kier molecular flexibility index (Phi) is 3.24. The number of thiophene rings is 1. The maximum atomic E-state index is 12.3. The molecule has 0 radical (unpaired) electrons. The first-order chi connectivity index (χ1) is 9.15. The summed E-state index contributed by atoms with van der Waals surface area (Å²) in [5.41, 5.74) is 2.83. The van der Waals surface area contributed by atoms with E-state index in [9.17, 15) is 9.59 Å². The molecule has 0 fully saturated rings. The highest BCUT2D eigenvalue weighted by atomic mass is 79.9. The molecule has 2 aromatic rings. The third-order valence-electron chi connectivity index (χ3n) is 3.13. The number of ketones is 1. The van der Waals surface area contributed by atoms with E-state index in [-0.39, 0.29) is 11.7 Å². The Balaban J connectivity index is 2.00. The molecule has 0 atom stereocenters. The summed E-state index contributed by atoms with van der Waals surface area (Å²) in [5.74, 6) is -0.148. The van der Waals surface area contributed by atoms with Gasteiger partial charge in [0.2, 0.25) is 0 Å². The van der Waals surface area contributed by atoms with Crippen molar-refractivity contribution >= 4 is 39.0 Å². The highest BCUT2D eigenvalue weighted by Crippen LogP contribution is 2.24. The molecule has 1 aromatic carbocycles. The molecule has 0 saturated heterocycles. The molecule has 1 N–H and O–H groups in total. The molecule has 2 heterocycles. The molecule has 5 heteroatoms. The molecule has 0 aliphatic carbocycles. The first kappa shape index (κ1) is 12.6. The fourth-order valence-electron chi connectivity index (χ4n) is 2.15. The van der Waals surface area contributed by atoms with Gasteiger partial charge in [0.15, 0.2) is 5.78 Å². The smallest absolute Gasteiger partial charge is 0.251 e. The Morgan fingerprint density at radius 3 is 2.84 bits per heavy atom. The summed E-state index contributed by atoms with van der Waals surface area (Å²) in [6, 6.07) is 7.16. The van der Waals surface area contributed by atoms with E-state index in [1.807, 2.05) is 11.4 Å². The lowest BCUT2D eigenvalue weighted by Gasteiger charge is -2.16. The Morgan fingerprint density at radius 1 is 1.26 bits per heavy atom. The third kappa shape index (κ3) is 2.35. The number of fused-ring (bicyclic) bond motifs is 1. The molecule has 3 rings (SSSR count). The minimum atomic E-state index is -0.0950. The molecular formula is C14H10BrNO2S. The van der Waals surface area contributed by atoms with Crippen molar-refractivity contribution in [3.05, 3.63) is 55.7 Å². The summed E-state index contributed by atoms with van der Waals surface area (Å²) in [5, 5.41) is 4.60. The van der Waals surface area contributed by atoms with Crippen LogP contribution in [0.1, 0.15) is 31.8 Å². The van der Waals surface area contributed by atoms with Crippen LogP contribution in [0.4, 0.5) is 0 Å². The zero-order chi connectivity index (χ0) is 13.4. The molecular weight excluding hydrogens is 326 g/mol. The van der Waals surface area contributed by atoms with Crippen molar-refractivity contribution in [3.63, 3.8) is 0 Å². The maximum Gasteiger partial charge on any atom is 0.251 e. The van der Waals surface area contributed by atoms with Crippen LogP contribution in [0.5, 0.6) is 0 Å². The van der Waals surface area contributed by atoms with Gasteiger partial charge in [0, 0.05) is 28.6 Å². The van der Waals surface area contributed by atoms with Crippen LogP contribution in [0.2, 0.25) is 0 Å². The molecule has 0 unspecified atom stereocenters. The zero-order valence-electron chi connectivity index (χ0n) is 9.90. The highest BCUT2D eigenvalue weighted by molar-refractivity contribution is 9.11. The van der Waals surface area contributed by atoms with E-state index in [0.717, 1.165) is 15.8 Å². The largest absolute Gasteiger partial charge is 0.352 e. The van der Waals surface area contributed by atoms with Crippen LogP contribution in [0.3, 0.4) is 0 Å². The SMILES string of the molecule is O=C(c1csc(Br)c1)c1ccc2c(c1)C(=O)NCC2. The first-order valence-corrected chi connectivity index (χ1v) is 7.52. The van der Waals surface area contributed by atoms with E-state index < -0.39 is 0 Å². The molecule has 3 nitrogen and oxygen atoms in total. The molecule has 1 aliphatic heterocycles. The lowest BCUT2D eigenvalue weighted by atomic mass is 9.95. The van der Waals surface area contributed by atoms with E-state index in [1.165, 1.54) is 11.3 Å². The molecule has 19 heavy (non-hydrogen) atoms. The van der Waals surface area contributed by atoms with Crippen LogP contribution < -0.4 is 5.32 Å². The predicted octanol–water partition coefficient (Wildman–Crippen LogP) is 3.03. The number of benzene rings is 1. The number of rotatable bonds is 2. The fourth-order valence-corrected chi connectivity index (χ4v) is 3.29. The van der Waals surface area contributed by atoms with Gasteiger partial charge in [-0.2, -0.15) is 0 Å². The van der Waals surface area contributed by atoms with Crippen molar-refractivity contribution in [1.29, 1.82) is 0 Å². The second-order valence-electron chi connectivity index (χ2n) is 4.35. The van der Waals surface area contributed by atoms with Gasteiger partial charge in [0.25, 0.3) is 5.91 Å². The van der Waals surface area contributed by atoms with Crippen LogP contribution >= 0.6 is 27.3 Å². The van der Waals surface area contributed by atoms with E-state index in [4.69, 9.17) is 0 Å². The quantitative estimate of drug-likeness (QED) is 0.857. The lowest BCUT2D eigenvalue weighted by molar-refractivity contribution is 0.0946. The van der Waals surface area contributed by atoms with E-state index in [2.05, 4.69) is 21.2 Å². The summed E-state index contributed by atoms with van der Waals surface area (Å²) in [6.45, 7) is 0.663. The van der Waals surface area contributed by atoms with Gasteiger partial charge >= 0.3 is 0 Å². The Hall–Kier alpha value is -1.46. The van der Waals surface area contributed by atoms with Crippen LogP contribution in [0.25, 0.3) is 0 Å². The van der Waals surface area contributed by atoms with Crippen LogP contribution in [0.15, 0.2) is 33.4 Å². The molecule has 0 spiro atoms. The van der Waals surface area contributed by atoms with Crippen LogP contribution in [-0.4, -0.2) is 18.2 Å². The fraction of sp³-hybridized carbons (Fsp3) is 0.143. The average Bonchev–Trinajstić information content (AvgIpc) is 2.85. The zero-order valence-corrected chi connectivity index (χ0v) is 12.3.